The van der Waals surface area contributed by atoms with Gasteiger partial charge in [0.15, 0.2) is 11.5 Å². The molecule has 0 amide bonds. The van der Waals surface area contributed by atoms with E-state index in [2.05, 4.69) is 15.9 Å². The van der Waals surface area contributed by atoms with Crippen molar-refractivity contribution < 1.29 is 19.6 Å². The van der Waals surface area contributed by atoms with Crippen molar-refractivity contribution in [3.05, 3.63) is 74.4 Å². The summed E-state index contributed by atoms with van der Waals surface area (Å²) in [5.41, 5.74) is 1.29. The standard InChI is InChI=1S/C8H7BrO3.C8H7NO2/c1-12-7-3-5(4-10)2-6(9)8(7)11;10-9(11)7-6-8-4-2-1-3-5-8/h2-4,11H,1H3;1-7H/b;7-6+. The largest absolute Gasteiger partial charge is 0.503 e. The summed E-state index contributed by atoms with van der Waals surface area (Å²) < 4.78 is 5.28. The number of aromatic hydroxyl groups is 1. The molecule has 0 aliphatic carbocycles. The van der Waals surface area contributed by atoms with Crippen LogP contribution in [-0.4, -0.2) is 23.4 Å². The van der Waals surface area contributed by atoms with Gasteiger partial charge in [0.2, 0.25) is 6.20 Å². The molecule has 0 radical (unpaired) electrons. The molecule has 0 heterocycles. The quantitative estimate of drug-likeness (QED) is 0.494. The van der Waals surface area contributed by atoms with Crippen LogP contribution in [0.5, 0.6) is 11.5 Å². The molecular weight excluding hydrogens is 366 g/mol. The SMILES string of the molecule is COc1cc(C=O)cc(Br)c1O.O=[N+]([O-])/C=C/c1ccccc1. The van der Waals surface area contributed by atoms with Crippen LogP contribution in [0.25, 0.3) is 6.08 Å². The van der Waals surface area contributed by atoms with Crippen molar-refractivity contribution in [2.75, 3.05) is 7.11 Å². The second-order valence-electron chi connectivity index (χ2n) is 4.18. The molecule has 6 nitrogen and oxygen atoms in total. The van der Waals surface area contributed by atoms with Crippen molar-refractivity contribution in [1.82, 2.24) is 0 Å². The fraction of sp³-hybridized carbons (Fsp3) is 0.0625. The van der Waals surface area contributed by atoms with Gasteiger partial charge < -0.3 is 9.84 Å². The summed E-state index contributed by atoms with van der Waals surface area (Å²) in [6.07, 6.45) is 3.07. The highest BCUT2D eigenvalue weighted by atomic mass is 79.9. The molecular formula is C16H14BrNO5. The monoisotopic (exact) mass is 379 g/mol. The highest BCUT2D eigenvalue weighted by Crippen LogP contribution is 2.34. The fourth-order valence-electron chi connectivity index (χ4n) is 1.53. The number of methoxy groups -OCH3 is 1. The van der Waals surface area contributed by atoms with E-state index >= 15 is 0 Å². The van der Waals surface area contributed by atoms with E-state index in [0.717, 1.165) is 11.8 Å². The molecule has 0 unspecified atom stereocenters. The van der Waals surface area contributed by atoms with Gasteiger partial charge in [0, 0.05) is 11.6 Å². The lowest BCUT2D eigenvalue weighted by Gasteiger charge is -2.04. The number of phenolic OH excluding ortho intramolecular Hbond substituents is 1. The van der Waals surface area contributed by atoms with Gasteiger partial charge in [0.05, 0.1) is 16.5 Å². The molecule has 0 aliphatic rings. The summed E-state index contributed by atoms with van der Waals surface area (Å²) in [5, 5.41) is 19.2. The van der Waals surface area contributed by atoms with E-state index in [-0.39, 0.29) is 11.5 Å². The van der Waals surface area contributed by atoms with E-state index in [1.165, 1.54) is 25.3 Å². The summed E-state index contributed by atoms with van der Waals surface area (Å²) in [5.74, 6) is 0.287. The van der Waals surface area contributed by atoms with E-state index in [0.29, 0.717) is 16.3 Å². The first-order valence-corrected chi connectivity index (χ1v) is 7.15. The van der Waals surface area contributed by atoms with Crippen LogP contribution in [0, 0.1) is 10.1 Å². The van der Waals surface area contributed by atoms with Gasteiger partial charge in [0.25, 0.3) is 0 Å². The molecule has 23 heavy (non-hydrogen) atoms. The summed E-state index contributed by atoms with van der Waals surface area (Å²) in [4.78, 5) is 19.8. The van der Waals surface area contributed by atoms with Gasteiger partial charge in [-0.1, -0.05) is 30.3 Å². The maximum Gasteiger partial charge on any atom is 0.235 e. The fourth-order valence-corrected chi connectivity index (χ4v) is 1.99. The Morgan fingerprint density at radius 3 is 2.39 bits per heavy atom. The third-order valence-electron chi connectivity index (χ3n) is 2.60. The summed E-state index contributed by atoms with van der Waals surface area (Å²) in [7, 11) is 1.43. The number of aldehydes is 1. The van der Waals surface area contributed by atoms with E-state index in [9.17, 15) is 20.0 Å². The van der Waals surface area contributed by atoms with Crippen LogP contribution in [0.4, 0.5) is 0 Å². The second-order valence-corrected chi connectivity index (χ2v) is 5.04. The molecule has 2 rings (SSSR count). The van der Waals surface area contributed by atoms with Crippen LogP contribution in [0.15, 0.2) is 53.1 Å². The van der Waals surface area contributed by atoms with Crippen molar-refractivity contribution in [3.8, 4) is 11.5 Å². The molecule has 0 saturated heterocycles. The number of hydrogen-bond acceptors (Lipinski definition) is 5. The molecule has 1 N–H and O–H groups in total. The smallest absolute Gasteiger partial charge is 0.235 e. The minimum atomic E-state index is -0.479. The first kappa shape index (κ1) is 18.4. The number of nitro groups is 1. The van der Waals surface area contributed by atoms with Crippen LogP contribution in [0.1, 0.15) is 15.9 Å². The number of halogens is 1. The normalized spacial score (nSPS) is 9.83. The molecule has 2 aromatic rings. The highest BCUT2D eigenvalue weighted by Gasteiger charge is 2.07. The van der Waals surface area contributed by atoms with Gasteiger partial charge >= 0.3 is 0 Å². The third kappa shape index (κ3) is 6.31. The van der Waals surface area contributed by atoms with Crippen LogP contribution in [0.3, 0.4) is 0 Å². The van der Waals surface area contributed by atoms with Gasteiger partial charge in [-0.2, -0.15) is 0 Å². The van der Waals surface area contributed by atoms with E-state index in [1.807, 2.05) is 18.2 Å². The van der Waals surface area contributed by atoms with Crippen LogP contribution in [0.2, 0.25) is 0 Å². The lowest BCUT2D eigenvalue weighted by atomic mass is 10.2. The third-order valence-corrected chi connectivity index (χ3v) is 3.20. The van der Waals surface area contributed by atoms with E-state index in [4.69, 9.17) is 4.74 Å². The number of ether oxygens (including phenoxy) is 1. The Morgan fingerprint density at radius 1 is 1.22 bits per heavy atom. The Morgan fingerprint density at radius 2 is 1.87 bits per heavy atom. The van der Waals surface area contributed by atoms with Crippen molar-refractivity contribution in [2.45, 2.75) is 0 Å². The van der Waals surface area contributed by atoms with E-state index < -0.39 is 4.92 Å². The van der Waals surface area contributed by atoms with Crippen LogP contribution < -0.4 is 4.74 Å². The Hall–Kier alpha value is -2.67. The van der Waals surface area contributed by atoms with Crippen molar-refractivity contribution in [2.24, 2.45) is 0 Å². The van der Waals surface area contributed by atoms with Crippen molar-refractivity contribution >= 4 is 28.3 Å². The zero-order valence-corrected chi connectivity index (χ0v) is 13.8. The van der Waals surface area contributed by atoms with Crippen molar-refractivity contribution in [3.63, 3.8) is 0 Å². The molecule has 120 valence electrons. The van der Waals surface area contributed by atoms with Crippen molar-refractivity contribution in [1.29, 1.82) is 0 Å². The number of phenols is 1. The van der Waals surface area contributed by atoms with Gasteiger partial charge in [-0.15, -0.1) is 0 Å². The predicted octanol–water partition coefficient (Wildman–Crippen LogP) is 3.91. The average molecular weight is 380 g/mol. The minimum absolute atomic E-state index is 0.00287. The van der Waals surface area contributed by atoms with Gasteiger partial charge in [-0.3, -0.25) is 14.9 Å². The Bertz CT molecular complexity index is 701. The number of benzene rings is 2. The number of rotatable bonds is 4. The predicted molar refractivity (Wildman–Crippen MR) is 90.2 cm³/mol. The van der Waals surface area contributed by atoms with Gasteiger partial charge in [0.1, 0.15) is 6.29 Å². The number of carbonyl (C=O) groups is 1. The zero-order chi connectivity index (χ0) is 17.2. The average Bonchev–Trinajstić information content (AvgIpc) is 2.57. The topological polar surface area (TPSA) is 89.7 Å². The second kappa shape index (κ2) is 9.37. The molecule has 0 aromatic heterocycles. The summed E-state index contributed by atoms with van der Waals surface area (Å²) in [6.45, 7) is 0. The lowest BCUT2D eigenvalue weighted by Crippen LogP contribution is -1.87. The molecule has 2 aromatic carbocycles. The first-order chi connectivity index (χ1) is 11.0. The van der Waals surface area contributed by atoms with Crippen LogP contribution >= 0.6 is 15.9 Å². The molecule has 0 atom stereocenters. The molecule has 7 heteroatoms. The summed E-state index contributed by atoms with van der Waals surface area (Å²) in [6, 6.07) is 12.1. The maximum absolute atomic E-state index is 10.4. The van der Waals surface area contributed by atoms with E-state index in [1.54, 1.807) is 12.1 Å². The number of nitrogens with zero attached hydrogens (tertiary/aromatic N) is 1. The minimum Gasteiger partial charge on any atom is -0.503 e. The molecule has 0 bridgehead atoms. The number of carbonyl (C=O) groups excluding carboxylic acids is 1. The highest BCUT2D eigenvalue weighted by molar-refractivity contribution is 9.10. The van der Waals surface area contributed by atoms with Gasteiger partial charge in [-0.05, 0) is 33.6 Å². The van der Waals surface area contributed by atoms with Gasteiger partial charge in [-0.25, -0.2) is 0 Å². The maximum atomic E-state index is 10.4. The summed E-state index contributed by atoms with van der Waals surface area (Å²) >= 11 is 3.09. The molecule has 0 aliphatic heterocycles. The molecule has 0 saturated carbocycles. The Kier molecular flexibility index (Phi) is 7.49. The zero-order valence-electron chi connectivity index (χ0n) is 12.2. The Labute approximate surface area is 141 Å². The molecule has 0 fully saturated rings. The lowest BCUT2D eigenvalue weighted by molar-refractivity contribution is -0.400. The number of hydrogen-bond donors (Lipinski definition) is 1. The molecule has 0 spiro atoms. The Balaban J connectivity index is 0.000000231. The first-order valence-electron chi connectivity index (χ1n) is 6.36. The van der Waals surface area contributed by atoms with Crippen LogP contribution in [-0.2, 0) is 0 Å².